The Hall–Kier alpha value is -1.56. The molecule has 0 amide bonds. The van der Waals surface area contributed by atoms with Crippen LogP contribution in [0.4, 0.5) is 0 Å². The van der Waals surface area contributed by atoms with Gasteiger partial charge in [0.1, 0.15) is 0 Å². The van der Waals surface area contributed by atoms with Gasteiger partial charge in [-0.15, -0.1) is 0 Å². The van der Waals surface area contributed by atoms with Gasteiger partial charge in [-0.25, -0.2) is 0 Å². The zero-order chi connectivity index (χ0) is 17.8. The third kappa shape index (κ3) is 8.91. The van der Waals surface area contributed by atoms with E-state index in [0.29, 0.717) is 12.5 Å². The van der Waals surface area contributed by atoms with Crippen molar-refractivity contribution in [3.8, 4) is 0 Å². The predicted octanol–water partition coefficient (Wildman–Crippen LogP) is 2.98. The van der Waals surface area contributed by atoms with Crippen molar-refractivity contribution in [1.29, 1.82) is 0 Å². The van der Waals surface area contributed by atoms with Gasteiger partial charge in [0.05, 0.1) is 12.2 Å². The predicted molar refractivity (Wildman–Crippen MR) is 100 cm³/mol. The number of rotatable bonds is 11. The standard InChI is InChI=1S/C18H35N5O/c1-15(2)17-13-16(24-22-17)14-21-18(19-3)20-11-9-7-6-8-10-12-23(4)5/h13,15H,6-12,14H2,1-5H3,(H2,19,20,21). The Morgan fingerprint density at radius 2 is 1.88 bits per heavy atom. The molecule has 0 bridgehead atoms. The summed E-state index contributed by atoms with van der Waals surface area (Å²) in [6.07, 6.45) is 6.34. The molecule has 1 rings (SSSR count). The second-order valence-corrected chi connectivity index (χ2v) is 6.80. The Labute approximate surface area is 147 Å². The third-order valence-electron chi connectivity index (χ3n) is 3.90. The molecule has 0 aliphatic rings. The summed E-state index contributed by atoms with van der Waals surface area (Å²) in [6.45, 7) is 6.95. The molecule has 2 N–H and O–H groups in total. The Balaban J connectivity index is 2.10. The van der Waals surface area contributed by atoms with Crippen LogP contribution in [0.5, 0.6) is 0 Å². The van der Waals surface area contributed by atoms with E-state index in [1.165, 1.54) is 38.6 Å². The fraction of sp³-hybridized carbons (Fsp3) is 0.778. The van der Waals surface area contributed by atoms with E-state index in [4.69, 9.17) is 4.52 Å². The number of aliphatic imine (C=N–C) groups is 1. The van der Waals surface area contributed by atoms with E-state index in [2.05, 4.69) is 53.6 Å². The summed E-state index contributed by atoms with van der Waals surface area (Å²) in [5.41, 5.74) is 0.990. The van der Waals surface area contributed by atoms with Gasteiger partial charge in [0.2, 0.25) is 0 Å². The first-order valence-electron chi connectivity index (χ1n) is 9.07. The molecule has 0 aliphatic carbocycles. The number of guanidine groups is 1. The fourth-order valence-electron chi connectivity index (χ4n) is 2.37. The van der Waals surface area contributed by atoms with Gasteiger partial charge in [0.25, 0.3) is 0 Å². The van der Waals surface area contributed by atoms with Gasteiger partial charge >= 0.3 is 0 Å². The normalized spacial score (nSPS) is 12.2. The Bertz CT molecular complexity index is 468. The molecule has 1 aromatic heterocycles. The van der Waals surface area contributed by atoms with Crippen molar-refractivity contribution in [2.45, 2.75) is 58.4 Å². The molecule has 0 saturated carbocycles. The maximum Gasteiger partial charge on any atom is 0.191 e. The van der Waals surface area contributed by atoms with Crippen molar-refractivity contribution in [1.82, 2.24) is 20.7 Å². The van der Waals surface area contributed by atoms with Crippen LogP contribution in [-0.4, -0.2) is 50.2 Å². The largest absolute Gasteiger partial charge is 0.359 e. The summed E-state index contributed by atoms with van der Waals surface area (Å²) < 4.78 is 5.32. The van der Waals surface area contributed by atoms with Gasteiger partial charge in [-0.1, -0.05) is 38.3 Å². The summed E-state index contributed by atoms with van der Waals surface area (Å²) >= 11 is 0. The second kappa shape index (κ2) is 11.9. The summed E-state index contributed by atoms with van der Waals surface area (Å²) in [4.78, 5) is 6.48. The van der Waals surface area contributed by atoms with E-state index in [0.717, 1.165) is 24.0 Å². The van der Waals surface area contributed by atoms with Crippen molar-refractivity contribution in [2.24, 2.45) is 4.99 Å². The van der Waals surface area contributed by atoms with Crippen LogP contribution in [0.15, 0.2) is 15.6 Å². The molecule has 0 atom stereocenters. The summed E-state index contributed by atoms with van der Waals surface area (Å²) in [5.74, 6) is 2.03. The lowest BCUT2D eigenvalue weighted by Gasteiger charge is -2.11. The van der Waals surface area contributed by atoms with E-state index in [1.54, 1.807) is 7.05 Å². The molecule has 24 heavy (non-hydrogen) atoms. The molecule has 0 fully saturated rings. The van der Waals surface area contributed by atoms with Crippen molar-refractivity contribution in [2.75, 3.05) is 34.2 Å². The van der Waals surface area contributed by atoms with Crippen LogP contribution in [0, 0.1) is 0 Å². The van der Waals surface area contributed by atoms with Crippen LogP contribution in [0.1, 0.15) is 63.3 Å². The molecular formula is C18H35N5O. The molecule has 138 valence electrons. The number of aromatic nitrogens is 1. The average molecular weight is 338 g/mol. The Kier molecular flexibility index (Phi) is 10.2. The van der Waals surface area contributed by atoms with Gasteiger partial charge in [-0.05, 0) is 39.4 Å². The third-order valence-corrected chi connectivity index (χ3v) is 3.90. The summed E-state index contributed by atoms with van der Waals surface area (Å²) in [5, 5.41) is 10.7. The van der Waals surface area contributed by atoms with Gasteiger partial charge in [0.15, 0.2) is 11.7 Å². The SMILES string of the molecule is CN=C(NCCCCCCCN(C)C)NCc1cc(C(C)C)no1. The molecule has 0 saturated heterocycles. The highest BCUT2D eigenvalue weighted by molar-refractivity contribution is 5.79. The van der Waals surface area contributed by atoms with Crippen molar-refractivity contribution in [3.63, 3.8) is 0 Å². The van der Waals surface area contributed by atoms with Crippen LogP contribution in [0.25, 0.3) is 0 Å². The van der Waals surface area contributed by atoms with Crippen LogP contribution < -0.4 is 10.6 Å². The van der Waals surface area contributed by atoms with Crippen molar-refractivity contribution in [3.05, 3.63) is 17.5 Å². The molecule has 0 radical (unpaired) electrons. The minimum Gasteiger partial charge on any atom is -0.359 e. The molecule has 6 nitrogen and oxygen atoms in total. The number of unbranched alkanes of at least 4 members (excludes halogenated alkanes) is 4. The lowest BCUT2D eigenvalue weighted by Crippen LogP contribution is -2.37. The first-order chi connectivity index (χ1) is 11.5. The van der Waals surface area contributed by atoms with Crippen LogP contribution in [0.2, 0.25) is 0 Å². The molecule has 6 heteroatoms. The molecule has 0 aromatic carbocycles. The summed E-state index contributed by atoms with van der Waals surface area (Å²) in [6, 6.07) is 2.00. The molecule has 0 aliphatic heterocycles. The zero-order valence-electron chi connectivity index (χ0n) is 16.1. The fourth-order valence-corrected chi connectivity index (χ4v) is 2.37. The maximum atomic E-state index is 5.32. The molecular weight excluding hydrogens is 302 g/mol. The van der Waals surface area contributed by atoms with Crippen LogP contribution >= 0.6 is 0 Å². The Morgan fingerprint density at radius 1 is 1.17 bits per heavy atom. The highest BCUT2D eigenvalue weighted by atomic mass is 16.5. The van der Waals surface area contributed by atoms with E-state index in [9.17, 15) is 0 Å². The maximum absolute atomic E-state index is 5.32. The van der Waals surface area contributed by atoms with Gasteiger partial charge in [-0.3, -0.25) is 4.99 Å². The molecule has 1 aromatic rings. The lowest BCUT2D eigenvalue weighted by molar-refractivity contribution is 0.372. The molecule has 0 unspecified atom stereocenters. The van der Waals surface area contributed by atoms with E-state index in [1.807, 2.05) is 6.07 Å². The average Bonchev–Trinajstić information content (AvgIpc) is 3.01. The van der Waals surface area contributed by atoms with Crippen LogP contribution in [-0.2, 0) is 6.54 Å². The topological polar surface area (TPSA) is 65.7 Å². The van der Waals surface area contributed by atoms with Gasteiger partial charge < -0.3 is 20.1 Å². The minimum absolute atomic E-state index is 0.387. The van der Waals surface area contributed by atoms with Crippen molar-refractivity contribution < 1.29 is 4.52 Å². The summed E-state index contributed by atoms with van der Waals surface area (Å²) in [7, 11) is 6.05. The first-order valence-corrected chi connectivity index (χ1v) is 9.07. The van der Waals surface area contributed by atoms with Crippen molar-refractivity contribution >= 4 is 5.96 Å². The number of hydrogen-bond acceptors (Lipinski definition) is 4. The van der Waals surface area contributed by atoms with Crippen LogP contribution in [0.3, 0.4) is 0 Å². The van der Waals surface area contributed by atoms with Gasteiger partial charge in [-0.2, -0.15) is 0 Å². The first kappa shape index (κ1) is 20.5. The zero-order valence-corrected chi connectivity index (χ0v) is 16.1. The molecule has 0 spiro atoms. The highest BCUT2D eigenvalue weighted by Crippen LogP contribution is 2.13. The quantitative estimate of drug-likeness (QED) is 0.369. The number of hydrogen-bond donors (Lipinski definition) is 2. The van der Waals surface area contributed by atoms with Gasteiger partial charge in [0, 0.05) is 19.7 Å². The number of nitrogens with one attached hydrogen (secondary N) is 2. The molecule has 1 heterocycles. The smallest absolute Gasteiger partial charge is 0.191 e. The number of nitrogens with zero attached hydrogens (tertiary/aromatic N) is 3. The van der Waals surface area contributed by atoms with E-state index in [-0.39, 0.29) is 0 Å². The van der Waals surface area contributed by atoms with E-state index < -0.39 is 0 Å². The monoisotopic (exact) mass is 337 g/mol. The second-order valence-electron chi connectivity index (χ2n) is 6.80. The lowest BCUT2D eigenvalue weighted by atomic mass is 10.1. The minimum atomic E-state index is 0.387. The van der Waals surface area contributed by atoms with E-state index >= 15 is 0 Å². The Morgan fingerprint density at radius 3 is 2.50 bits per heavy atom. The highest BCUT2D eigenvalue weighted by Gasteiger charge is 2.07.